The minimum absolute atomic E-state index is 0.230. The Labute approximate surface area is 105 Å². The highest BCUT2D eigenvalue weighted by atomic mass is 35.5. The zero-order chi connectivity index (χ0) is 13.1. The van der Waals surface area contributed by atoms with Crippen LogP contribution in [0.1, 0.15) is 10.5 Å². The van der Waals surface area contributed by atoms with Gasteiger partial charge in [-0.05, 0) is 12.1 Å². The molecule has 0 aromatic carbocycles. The minimum Gasteiger partial charge on any atom is -0.305 e. The minimum atomic E-state index is -0.701. The normalized spacial score (nSPS) is 10.1. The number of carbonyl (C=O) groups excluding carboxylic acids is 1. The highest BCUT2D eigenvalue weighted by molar-refractivity contribution is 6.30. The van der Waals surface area contributed by atoms with E-state index in [1.165, 1.54) is 18.3 Å². The fourth-order valence-electron chi connectivity index (χ4n) is 1.21. The SMILES string of the molecule is O=C(Nc1ccc(Cl)cn1)c1[nH]ncc1[N+](=O)[O-]. The van der Waals surface area contributed by atoms with E-state index in [0.717, 1.165) is 6.20 Å². The fourth-order valence-corrected chi connectivity index (χ4v) is 1.33. The number of nitro groups is 1. The molecular formula is C9H6ClN5O3. The summed E-state index contributed by atoms with van der Waals surface area (Å²) in [6.45, 7) is 0. The van der Waals surface area contributed by atoms with Crippen LogP contribution < -0.4 is 5.32 Å². The number of nitrogens with one attached hydrogen (secondary N) is 2. The molecule has 0 aliphatic rings. The van der Waals surface area contributed by atoms with Crippen molar-refractivity contribution < 1.29 is 9.72 Å². The zero-order valence-corrected chi connectivity index (χ0v) is 9.51. The van der Waals surface area contributed by atoms with E-state index < -0.39 is 16.5 Å². The largest absolute Gasteiger partial charge is 0.319 e. The van der Waals surface area contributed by atoms with Gasteiger partial charge in [-0.3, -0.25) is 20.0 Å². The number of rotatable bonds is 3. The van der Waals surface area contributed by atoms with E-state index in [4.69, 9.17) is 11.6 Å². The topological polar surface area (TPSA) is 114 Å². The van der Waals surface area contributed by atoms with Gasteiger partial charge in [-0.15, -0.1) is 0 Å². The standard InChI is InChI=1S/C9H6ClN5O3/c10-5-1-2-7(11-3-5)13-9(16)8-6(15(17)18)4-12-14-8/h1-4H,(H,12,14)(H,11,13,16). The Morgan fingerprint density at radius 2 is 2.22 bits per heavy atom. The van der Waals surface area contributed by atoms with E-state index in [0.29, 0.717) is 5.02 Å². The number of aromatic amines is 1. The van der Waals surface area contributed by atoms with Gasteiger partial charge < -0.3 is 5.32 Å². The molecule has 0 spiro atoms. The predicted octanol–water partition coefficient (Wildman–Crippen LogP) is 1.62. The molecule has 0 fully saturated rings. The highest BCUT2D eigenvalue weighted by Crippen LogP contribution is 2.16. The molecule has 92 valence electrons. The van der Waals surface area contributed by atoms with Crippen LogP contribution in [-0.4, -0.2) is 26.0 Å². The van der Waals surface area contributed by atoms with Crippen LogP contribution in [0.2, 0.25) is 5.02 Å². The summed E-state index contributed by atoms with van der Waals surface area (Å²) in [5.41, 5.74) is -0.641. The van der Waals surface area contributed by atoms with Crippen molar-refractivity contribution in [3.63, 3.8) is 0 Å². The van der Waals surface area contributed by atoms with Crippen molar-refractivity contribution >= 4 is 29.0 Å². The van der Waals surface area contributed by atoms with Crippen LogP contribution in [0.15, 0.2) is 24.5 Å². The van der Waals surface area contributed by atoms with Gasteiger partial charge in [0.1, 0.15) is 12.0 Å². The number of carbonyl (C=O) groups is 1. The molecule has 8 nitrogen and oxygen atoms in total. The summed E-state index contributed by atoms with van der Waals surface area (Å²) in [5.74, 6) is -0.470. The van der Waals surface area contributed by atoms with E-state index in [9.17, 15) is 14.9 Å². The van der Waals surface area contributed by atoms with Gasteiger partial charge in [-0.1, -0.05) is 11.6 Å². The van der Waals surface area contributed by atoms with Crippen molar-refractivity contribution in [1.29, 1.82) is 0 Å². The Hall–Kier alpha value is -2.48. The monoisotopic (exact) mass is 267 g/mol. The average molecular weight is 268 g/mol. The molecule has 2 N–H and O–H groups in total. The first kappa shape index (κ1) is 12.0. The summed E-state index contributed by atoms with van der Waals surface area (Å²) < 4.78 is 0. The molecule has 2 aromatic rings. The lowest BCUT2D eigenvalue weighted by molar-refractivity contribution is -0.385. The molecule has 0 unspecified atom stereocenters. The van der Waals surface area contributed by atoms with Crippen LogP contribution in [-0.2, 0) is 0 Å². The smallest absolute Gasteiger partial charge is 0.305 e. The Balaban J connectivity index is 2.19. The molecule has 18 heavy (non-hydrogen) atoms. The predicted molar refractivity (Wildman–Crippen MR) is 62.4 cm³/mol. The van der Waals surface area contributed by atoms with Crippen molar-refractivity contribution in [2.45, 2.75) is 0 Å². The van der Waals surface area contributed by atoms with E-state index in [-0.39, 0.29) is 11.5 Å². The third-order valence-electron chi connectivity index (χ3n) is 2.01. The molecule has 1 amide bonds. The summed E-state index contributed by atoms with van der Waals surface area (Å²) >= 11 is 5.63. The van der Waals surface area contributed by atoms with Gasteiger partial charge in [-0.25, -0.2) is 4.98 Å². The molecule has 0 atom stereocenters. The van der Waals surface area contributed by atoms with Crippen LogP contribution in [0.3, 0.4) is 0 Å². The molecule has 0 aliphatic heterocycles. The van der Waals surface area contributed by atoms with Crippen LogP contribution in [0.4, 0.5) is 11.5 Å². The molecule has 2 heterocycles. The van der Waals surface area contributed by atoms with Gasteiger partial charge in [-0.2, -0.15) is 5.10 Å². The molecule has 0 saturated heterocycles. The first-order valence-electron chi connectivity index (χ1n) is 4.68. The number of halogens is 1. The fraction of sp³-hybridized carbons (Fsp3) is 0. The number of hydrogen-bond acceptors (Lipinski definition) is 5. The first-order chi connectivity index (χ1) is 8.58. The molecule has 0 aliphatic carbocycles. The van der Waals surface area contributed by atoms with Crippen LogP contribution in [0.5, 0.6) is 0 Å². The van der Waals surface area contributed by atoms with Gasteiger partial charge in [0.05, 0.1) is 9.95 Å². The van der Waals surface area contributed by atoms with E-state index in [1.807, 2.05) is 0 Å². The average Bonchev–Trinajstić information content (AvgIpc) is 2.81. The maximum atomic E-state index is 11.7. The second-order valence-corrected chi connectivity index (χ2v) is 3.64. The van der Waals surface area contributed by atoms with Crippen LogP contribution >= 0.6 is 11.6 Å². The summed E-state index contributed by atoms with van der Waals surface area (Å²) in [7, 11) is 0. The van der Waals surface area contributed by atoms with Crippen molar-refractivity contribution in [2.24, 2.45) is 0 Å². The second kappa shape index (κ2) is 4.80. The number of nitrogens with zero attached hydrogens (tertiary/aromatic N) is 3. The van der Waals surface area contributed by atoms with E-state index >= 15 is 0 Å². The van der Waals surface area contributed by atoms with Crippen molar-refractivity contribution in [3.8, 4) is 0 Å². The second-order valence-electron chi connectivity index (χ2n) is 3.20. The Kier molecular flexibility index (Phi) is 3.20. The van der Waals surface area contributed by atoms with Gasteiger partial charge in [0.25, 0.3) is 5.91 Å². The van der Waals surface area contributed by atoms with Crippen LogP contribution in [0.25, 0.3) is 0 Å². The third kappa shape index (κ3) is 2.43. The quantitative estimate of drug-likeness (QED) is 0.648. The lowest BCUT2D eigenvalue weighted by atomic mass is 10.3. The molecule has 2 aromatic heterocycles. The van der Waals surface area contributed by atoms with Crippen molar-refractivity contribution in [1.82, 2.24) is 15.2 Å². The Morgan fingerprint density at radius 3 is 2.83 bits per heavy atom. The third-order valence-corrected chi connectivity index (χ3v) is 2.24. The highest BCUT2D eigenvalue weighted by Gasteiger charge is 2.22. The maximum Gasteiger partial charge on any atom is 0.319 e. The maximum absolute atomic E-state index is 11.7. The van der Waals surface area contributed by atoms with Crippen molar-refractivity contribution in [2.75, 3.05) is 5.32 Å². The number of amides is 1. The summed E-state index contributed by atoms with van der Waals surface area (Å²) in [6.07, 6.45) is 2.31. The van der Waals surface area contributed by atoms with Gasteiger partial charge >= 0.3 is 5.69 Å². The zero-order valence-electron chi connectivity index (χ0n) is 8.75. The van der Waals surface area contributed by atoms with Gasteiger partial charge in [0.2, 0.25) is 5.69 Å². The number of hydrogen-bond donors (Lipinski definition) is 2. The number of H-pyrrole nitrogens is 1. The molecular weight excluding hydrogens is 262 g/mol. The number of pyridine rings is 1. The van der Waals surface area contributed by atoms with Gasteiger partial charge in [0, 0.05) is 6.20 Å². The molecule has 0 saturated carbocycles. The number of aromatic nitrogens is 3. The van der Waals surface area contributed by atoms with Gasteiger partial charge in [0.15, 0.2) is 0 Å². The van der Waals surface area contributed by atoms with E-state index in [2.05, 4.69) is 20.5 Å². The molecule has 0 radical (unpaired) electrons. The lowest BCUT2D eigenvalue weighted by Gasteiger charge is -2.01. The Bertz CT molecular complexity index is 595. The first-order valence-corrected chi connectivity index (χ1v) is 5.06. The summed E-state index contributed by atoms with van der Waals surface area (Å²) in [4.78, 5) is 25.5. The Morgan fingerprint density at radius 1 is 1.44 bits per heavy atom. The van der Waals surface area contributed by atoms with Crippen molar-refractivity contribution in [3.05, 3.63) is 45.4 Å². The molecule has 9 heteroatoms. The lowest BCUT2D eigenvalue weighted by Crippen LogP contribution is -2.14. The molecule has 2 rings (SSSR count). The molecule has 0 bridgehead atoms. The summed E-state index contributed by atoms with van der Waals surface area (Å²) in [6, 6.07) is 3.01. The summed E-state index contributed by atoms with van der Waals surface area (Å²) in [5, 5.41) is 19.1. The van der Waals surface area contributed by atoms with E-state index in [1.54, 1.807) is 0 Å². The van der Waals surface area contributed by atoms with Crippen LogP contribution in [0, 0.1) is 10.1 Å². The number of anilines is 1.